The molecule has 0 N–H and O–H groups in total. The molecule has 0 saturated heterocycles. The van der Waals surface area contributed by atoms with Crippen molar-refractivity contribution in [2.24, 2.45) is 0 Å². The van der Waals surface area contributed by atoms with Crippen LogP contribution in [0, 0.1) is 0 Å². The van der Waals surface area contributed by atoms with E-state index < -0.39 is 0 Å². The molecule has 2 heteroatoms. The van der Waals surface area contributed by atoms with Gasteiger partial charge >= 0.3 is 0 Å². The van der Waals surface area contributed by atoms with E-state index in [0.717, 1.165) is 50.1 Å². The molecule has 0 spiro atoms. The summed E-state index contributed by atoms with van der Waals surface area (Å²) in [6, 6.07) is 58.6. The molecule has 1 heterocycles. The van der Waals surface area contributed by atoms with Crippen LogP contribution in [0.1, 0.15) is 25.0 Å². The highest BCUT2D eigenvalue weighted by Gasteiger charge is 2.38. The third kappa shape index (κ3) is 4.26. The molecule has 47 heavy (non-hydrogen) atoms. The molecule has 0 saturated carbocycles. The largest absolute Gasteiger partial charge is 0.453 e. The predicted octanol–water partition coefficient (Wildman–Crippen LogP) is 12.7. The highest BCUT2D eigenvalue weighted by Crippen LogP contribution is 2.55. The van der Waals surface area contributed by atoms with Gasteiger partial charge in [0.25, 0.3) is 0 Å². The average molecular weight is 604 g/mol. The first-order valence-corrected chi connectivity index (χ1v) is 16.3. The van der Waals surface area contributed by atoms with Crippen molar-refractivity contribution in [1.82, 2.24) is 0 Å². The maximum Gasteiger partial charge on any atom is 0.159 e. The Labute approximate surface area is 275 Å². The van der Waals surface area contributed by atoms with Crippen LogP contribution in [0.4, 0.5) is 17.1 Å². The molecular formula is C45H33NO. The maximum atomic E-state index is 6.95. The van der Waals surface area contributed by atoms with E-state index in [1.165, 1.54) is 33.4 Å². The van der Waals surface area contributed by atoms with Crippen LogP contribution in [0.25, 0.3) is 55.3 Å². The van der Waals surface area contributed by atoms with Gasteiger partial charge in [0.2, 0.25) is 0 Å². The van der Waals surface area contributed by atoms with Gasteiger partial charge in [-0.05, 0) is 69.3 Å². The van der Waals surface area contributed by atoms with Gasteiger partial charge in [-0.15, -0.1) is 0 Å². The Morgan fingerprint density at radius 3 is 1.72 bits per heavy atom. The summed E-state index contributed by atoms with van der Waals surface area (Å²) < 4.78 is 6.95. The molecule has 1 aliphatic rings. The topological polar surface area (TPSA) is 16.4 Å². The van der Waals surface area contributed by atoms with Crippen molar-refractivity contribution in [1.29, 1.82) is 0 Å². The molecule has 0 unspecified atom stereocenters. The molecule has 1 aliphatic carbocycles. The number of fused-ring (bicyclic) bond motifs is 6. The van der Waals surface area contributed by atoms with E-state index in [1.807, 2.05) is 0 Å². The third-order valence-corrected chi connectivity index (χ3v) is 9.83. The predicted molar refractivity (Wildman–Crippen MR) is 197 cm³/mol. The number of furan rings is 1. The molecule has 0 aliphatic heterocycles. The van der Waals surface area contributed by atoms with Crippen molar-refractivity contribution < 1.29 is 4.42 Å². The van der Waals surface area contributed by atoms with Crippen molar-refractivity contribution in [3.8, 4) is 33.4 Å². The highest BCUT2D eigenvalue weighted by atomic mass is 16.3. The minimum absolute atomic E-state index is 0.139. The summed E-state index contributed by atoms with van der Waals surface area (Å²) in [5.41, 5.74) is 14.8. The van der Waals surface area contributed by atoms with Crippen molar-refractivity contribution in [3.63, 3.8) is 0 Å². The van der Waals surface area contributed by atoms with Crippen LogP contribution in [-0.2, 0) is 5.41 Å². The molecular weight excluding hydrogens is 571 g/mol. The van der Waals surface area contributed by atoms with Crippen molar-refractivity contribution in [3.05, 3.63) is 175 Å². The van der Waals surface area contributed by atoms with E-state index >= 15 is 0 Å². The molecule has 8 aromatic rings. The molecule has 0 atom stereocenters. The van der Waals surface area contributed by atoms with Crippen LogP contribution < -0.4 is 4.90 Å². The van der Waals surface area contributed by atoms with E-state index in [-0.39, 0.29) is 5.41 Å². The zero-order valence-electron chi connectivity index (χ0n) is 26.4. The van der Waals surface area contributed by atoms with E-state index in [9.17, 15) is 0 Å². The van der Waals surface area contributed by atoms with E-state index in [2.05, 4.69) is 183 Å². The Bertz CT molecular complexity index is 2420. The van der Waals surface area contributed by atoms with Gasteiger partial charge in [0.1, 0.15) is 5.58 Å². The quantitative estimate of drug-likeness (QED) is 0.195. The standard InChI is InChI=1S/C45H33NO/c1-45(2)40-26-13-12-22-35(40)39-29-33(28-38(42(39)45)31-18-8-4-9-19-31)46(32-20-10-5-11-21-32)41-27-15-25-37-36-24-14-23-34(43(36)47-44(37)41)30-16-6-3-7-17-30/h3-29H,1-2H3. The minimum Gasteiger partial charge on any atom is -0.453 e. The number of nitrogens with zero attached hydrogens (tertiary/aromatic N) is 1. The second-order valence-electron chi connectivity index (χ2n) is 12.9. The Morgan fingerprint density at radius 2 is 1.00 bits per heavy atom. The van der Waals surface area contributed by atoms with Gasteiger partial charge in [0.15, 0.2) is 5.58 Å². The van der Waals surface area contributed by atoms with Gasteiger partial charge < -0.3 is 9.32 Å². The number of anilines is 3. The van der Waals surface area contributed by atoms with E-state index in [4.69, 9.17) is 4.42 Å². The van der Waals surface area contributed by atoms with Crippen LogP contribution in [0.2, 0.25) is 0 Å². The Morgan fingerprint density at radius 1 is 0.447 bits per heavy atom. The fraction of sp³-hybridized carbons (Fsp3) is 0.0667. The Hall–Kier alpha value is -5.86. The first-order valence-electron chi connectivity index (χ1n) is 16.3. The van der Waals surface area contributed by atoms with Crippen LogP contribution in [0.3, 0.4) is 0 Å². The van der Waals surface area contributed by atoms with Gasteiger partial charge in [-0.3, -0.25) is 0 Å². The lowest BCUT2D eigenvalue weighted by atomic mass is 9.78. The molecule has 0 amide bonds. The smallest absolute Gasteiger partial charge is 0.159 e. The zero-order valence-corrected chi connectivity index (χ0v) is 26.4. The van der Waals surface area contributed by atoms with Gasteiger partial charge in [-0.25, -0.2) is 0 Å². The Kier molecular flexibility index (Phi) is 6.20. The summed E-state index contributed by atoms with van der Waals surface area (Å²) >= 11 is 0. The molecule has 0 fully saturated rings. The second kappa shape index (κ2) is 10.6. The number of hydrogen-bond donors (Lipinski definition) is 0. The third-order valence-electron chi connectivity index (χ3n) is 9.83. The van der Waals surface area contributed by atoms with Gasteiger partial charge in [-0.1, -0.05) is 147 Å². The van der Waals surface area contributed by atoms with Crippen molar-refractivity contribution in [2.75, 3.05) is 4.90 Å². The van der Waals surface area contributed by atoms with Gasteiger partial charge in [0.05, 0.1) is 5.69 Å². The zero-order chi connectivity index (χ0) is 31.5. The first kappa shape index (κ1) is 27.5. The molecule has 9 rings (SSSR count). The van der Waals surface area contributed by atoms with Crippen LogP contribution in [-0.4, -0.2) is 0 Å². The summed E-state index contributed by atoms with van der Waals surface area (Å²) in [7, 11) is 0. The van der Waals surface area contributed by atoms with E-state index in [0.29, 0.717) is 0 Å². The van der Waals surface area contributed by atoms with Crippen LogP contribution >= 0.6 is 0 Å². The van der Waals surface area contributed by atoms with E-state index in [1.54, 1.807) is 0 Å². The van der Waals surface area contributed by atoms with Crippen LogP contribution in [0.15, 0.2) is 168 Å². The lowest BCUT2D eigenvalue weighted by Gasteiger charge is -2.29. The van der Waals surface area contributed by atoms with Crippen molar-refractivity contribution in [2.45, 2.75) is 19.3 Å². The number of rotatable bonds is 5. The SMILES string of the molecule is CC1(C)c2ccccc2-c2cc(N(c3ccccc3)c3cccc4c3oc3c(-c5ccccc5)cccc34)cc(-c3ccccc3)c21. The summed E-state index contributed by atoms with van der Waals surface area (Å²) in [6.07, 6.45) is 0. The molecule has 1 aromatic heterocycles. The number of benzene rings is 7. The molecule has 2 nitrogen and oxygen atoms in total. The normalized spacial score (nSPS) is 13.1. The van der Waals surface area contributed by atoms with Crippen molar-refractivity contribution >= 4 is 39.0 Å². The first-order chi connectivity index (χ1) is 23.1. The van der Waals surface area contributed by atoms with Crippen LogP contribution in [0.5, 0.6) is 0 Å². The van der Waals surface area contributed by atoms with Gasteiger partial charge in [0, 0.05) is 33.1 Å². The molecule has 0 radical (unpaired) electrons. The summed E-state index contributed by atoms with van der Waals surface area (Å²) in [6.45, 7) is 4.72. The lowest BCUT2D eigenvalue weighted by Crippen LogP contribution is -2.17. The minimum atomic E-state index is -0.139. The monoisotopic (exact) mass is 603 g/mol. The summed E-state index contributed by atoms with van der Waals surface area (Å²) in [5, 5.41) is 2.22. The average Bonchev–Trinajstić information content (AvgIpc) is 3.62. The second-order valence-corrected chi connectivity index (χ2v) is 12.9. The van der Waals surface area contributed by atoms with Gasteiger partial charge in [-0.2, -0.15) is 0 Å². The number of para-hydroxylation sites is 3. The fourth-order valence-corrected chi connectivity index (χ4v) is 7.72. The molecule has 0 bridgehead atoms. The lowest BCUT2D eigenvalue weighted by molar-refractivity contribution is 0.662. The molecule has 7 aromatic carbocycles. The summed E-state index contributed by atoms with van der Waals surface area (Å²) in [5.74, 6) is 0. The summed E-state index contributed by atoms with van der Waals surface area (Å²) in [4.78, 5) is 2.37. The number of hydrogen-bond acceptors (Lipinski definition) is 2. The molecule has 224 valence electrons. The maximum absolute atomic E-state index is 6.95. The fourth-order valence-electron chi connectivity index (χ4n) is 7.72. The Balaban J connectivity index is 1.35. The highest BCUT2D eigenvalue weighted by molar-refractivity contribution is 6.13.